The molecule has 0 radical (unpaired) electrons. The molecule has 1 aliphatic rings. The topological polar surface area (TPSA) is 42.4 Å². The van der Waals surface area contributed by atoms with Gasteiger partial charge in [-0.2, -0.15) is 0 Å². The minimum Gasteiger partial charge on any atom is -0.369 e. The summed E-state index contributed by atoms with van der Waals surface area (Å²) in [7, 11) is 0. The molecule has 4 nitrogen and oxygen atoms in total. The summed E-state index contributed by atoms with van der Waals surface area (Å²) in [5, 5.41) is 0. The highest BCUT2D eigenvalue weighted by atomic mass is 16.5. The Morgan fingerprint density at radius 2 is 1.82 bits per heavy atom. The monoisotopic (exact) mass is 296 g/mol. The van der Waals surface area contributed by atoms with Crippen molar-refractivity contribution in [2.75, 3.05) is 6.61 Å². The molecule has 114 valence electrons. The average Bonchev–Trinajstić information content (AvgIpc) is 2.56. The maximum absolute atomic E-state index is 12.8. The van der Waals surface area contributed by atoms with Crippen LogP contribution in [0.1, 0.15) is 35.9 Å². The first-order valence-electron chi connectivity index (χ1n) is 7.57. The van der Waals surface area contributed by atoms with Gasteiger partial charge >= 0.3 is 0 Å². The Morgan fingerprint density at radius 3 is 2.50 bits per heavy atom. The van der Waals surface area contributed by atoms with E-state index < -0.39 is 0 Å². The lowest BCUT2D eigenvalue weighted by Crippen LogP contribution is -2.53. The number of carbonyl (C=O) groups excluding carboxylic acids is 1. The van der Waals surface area contributed by atoms with Crippen molar-refractivity contribution >= 4 is 5.91 Å². The lowest BCUT2D eigenvalue weighted by atomic mass is 9.98. The molecule has 2 aromatic rings. The summed E-state index contributed by atoms with van der Waals surface area (Å²) in [6.45, 7) is 4.62. The van der Waals surface area contributed by atoms with Gasteiger partial charge in [-0.05, 0) is 31.5 Å². The van der Waals surface area contributed by atoms with Gasteiger partial charge in [0, 0.05) is 18.0 Å². The number of hydrogen-bond acceptors (Lipinski definition) is 3. The third-order valence-corrected chi connectivity index (χ3v) is 4.16. The summed E-state index contributed by atoms with van der Waals surface area (Å²) in [4.78, 5) is 18.7. The summed E-state index contributed by atoms with van der Waals surface area (Å²) >= 11 is 0. The zero-order valence-corrected chi connectivity index (χ0v) is 12.8. The molecule has 3 unspecified atom stereocenters. The van der Waals surface area contributed by atoms with Gasteiger partial charge in [-0.3, -0.25) is 9.78 Å². The molecule has 3 atom stereocenters. The van der Waals surface area contributed by atoms with Crippen LogP contribution in [0.3, 0.4) is 0 Å². The minimum absolute atomic E-state index is 0.0215. The summed E-state index contributed by atoms with van der Waals surface area (Å²) < 4.78 is 6.00. The molecule has 0 N–H and O–H groups in total. The van der Waals surface area contributed by atoms with Gasteiger partial charge in [0.1, 0.15) is 6.10 Å². The van der Waals surface area contributed by atoms with Crippen molar-refractivity contribution in [3.63, 3.8) is 0 Å². The van der Waals surface area contributed by atoms with Crippen LogP contribution in [0, 0.1) is 0 Å². The zero-order chi connectivity index (χ0) is 15.5. The number of aromatic nitrogens is 1. The van der Waals surface area contributed by atoms with E-state index in [1.54, 1.807) is 24.5 Å². The second-order valence-corrected chi connectivity index (χ2v) is 5.70. The van der Waals surface area contributed by atoms with Gasteiger partial charge in [0.25, 0.3) is 5.91 Å². The first-order chi connectivity index (χ1) is 10.7. The van der Waals surface area contributed by atoms with Crippen LogP contribution in [0.25, 0.3) is 0 Å². The molecule has 0 aliphatic carbocycles. The number of morpholine rings is 1. The zero-order valence-electron chi connectivity index (χ0n) is 12.8. The Bertz CT molecular complexity index is 630. The van der Waals surface area contributed by atoms with Gasteiger partial charge < -0.3 is 9.64 Å². The Morgan fingerprint density at radius 1 is 1.14 bits per heavy atom. The van der Waals surface area contributed by atoms with Crippen LogP contribution in [0.15, 0.2) is 54.9 Å². The number of hydrogen-bond donors (Lipinski definition) is 0. The molecule has 1 aromatic heterocycles. The van der Waals surface area contributed by atoms with E-state index in [0.717, 1.165) is 5.56 Å². The number of amides is 1. The van der Waals surface area contributed by atoms with E-state index in [1.165, 1.54) is 0 Å². The summed E-state index contributed by atoms with van der Waals surface area (Å²) in [5.74, 6) is 0.0339. The molecule has 1 saturated heterocycles. The van der Waals surface area contributed by atoms with Crippen molar-refractivity contribution in [3.8, 4) is 0 Å². The van der Waals surface area contributed by atoms with E-state index in [9.17, 15) is 4.79 Å². The van der Waals surface area contributed by atoms with E-state index in [2.05, 4.69) is 4.98 Å². The predicted octanol–water partition coefficient (Wildman–Crippen LogP) is 3.07. The molecular weight excluding hydrogens is 276 g/mol. The van der Waals surface area contributed by atoms with Crippen molar-refractivity contribution in [1.82, 2.24) is 9.88 Å². The lowest BCUT2D eigenvalue weighted by Gasteiger charge is -2.43. The number of ether oxygens (including phenoxy) is 1. The Hall–Kier alpha value is -2.20. The molecule has 0 spiro atoms. The fourth-order valence-corrected chi connectivity index (χ4v) is 3.06. The number of benzene rings is 1. The molecule has 4 heteroatoms. The first-order valence-corrected chi connectivity index (χ1v) is 7.57. The van der Waals surface area contributed by atoms with E-state index in [1.807, 2.05) is 49.1 Å². The largest absolute Gasteiger partial charge is 0.369 e. The van der Waals surface area contributed by atoms with Gasteiger partial charge in [0.2, 0.25) is 0 Å². The van der Waals surface area contributed by atoms with Gasteiger partial charge in [-0.15, -0.1) is 0 Å². The molecule has 1 aromatic carbocycles. The molecule has 0 bridgehead atoms. The van der Waals surface area contributed by atoms with E-state index in [4.69, 9.17) is 4.74 Å². The highest BCUT2D eigenvalue weighted by Gasteiger charge is 2.37. The number of carbonyl (C=O) groups is 1. The SMILES string of the molecule is CC1COC(c2ccccc2)C(C)N1C(=O)c1ccncc1. The number of pyridine rings is 1. The fraction of sp³-hybridized carbons (Fsp3) is 0.333. The second kappa shape index (κ2) is 6.28. The average molecular weight is 296 g/mol. The van der Waals surface area contributed by atoms with Crippen LogP contribution >= 0.6 is 0 Å². The van der Waals surface area contributed by atoms with Crippen LogP contribution in [0.2, 0.25) is 0 Å². The number of nitrogens with zero attached hydrogens (tertiary/aromatic N) is 2. The third kappa shape index (κ3) is 2.74. The van der Waals surface area contributed by atoms with Crippen LogP contribution < -0.4 is 0 Å². The molecule has 0 saturated carbocycles. The van der Waals surface area contributed by atoms with Crippen LogP contribution in [0.4, 0.5) is 0 Å². The van der Waals surface area contributed by atoms with Crippen molar-refractivity contribution in [3.05, 3.63) is 66.0 Å². The smallest absolute Gasteiger partial charge is 0.254 e. The van der Waals surface area contributed by atoms with Gasteiger partial charge in [-0.25, -0.2) is 0 Å². The molecular formula is C18H20N2O2. The van der Waals surface area contributed by atoms with E-state index in [0.29, 0.717) is 12.2 Å². The second-order valence-electron chi connectivity index (χ2n) is 5.70. The predicted molar refractivity (Wildman–Crippen MR) is 84.5 cm³/mol. The Labute approximate surface area is 130 Å². The first kappa shape index (κ1) is 14.7. The van der Waals surface area contributed by atoms with Crippen LogP contribution in [0.5, 0.6) is 0 Å². The maximum atomic E-state index is 12.8. The minimum atomic E-state index is -0.0943. The van der Waals surface area contributed by atoms with Crippen molar-refractivity contribution in [2.24, 2.45) is 0 Å². The van der Waals surface area contributed by atoms with Gasteiger partial charge in [0.05, 0.1) is 18.7 Å². The fourth-order valence-electron chi connectivity index (χ4n) is 3.06. The van der Waals surface area contributed by atoms with Crippen molar-refractivity contribution < 1.29 is 9.53 Å². The lowest BCUT2D eigenvalue weighted by molar-refractivity contribution is -0.0806. The molecule has 1 aliphatic heterocycles. The van der Waals surface area contributed by atoms with E-state index >= 15 is 0 Å². The maximum Gasteiger partial charge on any atom is 0.254 e. The van der Waals surface area contributed by atoms with Crippen molar-refractivity contribution in [2.45, 2.75) is 32.0 Å². The standard InChI is InChI=1S/C18H20N2O2/c1-13-12-22-17(15-6-4-3-5-7-15)14(2)20(13)18(21)16-8-10-19-11-9-16/h3-11,13-14,17H,12H2,1-2H3. The molecule has 1 fully saturated rings. The highest BCUT2D eigenvalue weighted by molar-refractivity contribution is 5.94. The van der Waals surface area contributed by atoms with Crippen LogP contribution in [-0.4, -0.2) is 34.5 Å². The Balaban J connectivity index is 1.88. The number of rotatable bonds is 2. The Kier molecular flexibility index (Phi) is 4.20. The molecule has 1 amide bonds. The molecule has 3 rings (SSSR count). The molecule has 22 heavy (non-hydrogen) atoms. The normalized spacial score (nSPS) is 25.0. The van der Waals surface area contributed by atoms with Gasteiger partial charge in [-0.1, -0.05) is 30.3 Å². The highest BCUT2D eigenvalue weighted by Crippen LogP contribution is 2.31. The van der Waals surface area contributed by atoms with Crippen LogP contribution in [-0.2, 0) is 4.74 Å². The molecule has 2 heterocycles. The van der Waals surface area contributed by atoms with E-state index in [-0.39, 0.29) is 24.1 Å². The summed E-state index contributed by atoms with van der Waals surface area (Å²) in [6, 6.07) is 13.6. The third-order valence-electron chi connectivity index (χ3n) is 4.16. The van der Waals surface area contributed by atoms with Gasteiger partial charge in [0.15, 0.2) is 0 Å². The quantitative estimate of drug-likeness (QED) is 0.855. The summed E-state index contributed by atoms with van der Waals surface area (Å²) in [5.41, 5.74) is 1.77. The summed E-state index contributed by atoms with van der Waals surface area (Å²) in [6.07, 6.45) is 3.21. The van der Waals surface area contributed by atoms with Crippen molar-refractivity contribution in [1.29, 1.82) is 0 Å².